The van der Waals surface area contributed by atoms with E-state index in [1.165, 1.54) is 0 Å². The SMILES string of the molecule is O=C(CC(=O)N[C@H](c1ccc2ccccc2c1)C(O)(c1ccccc1)c1ccccc1)N[C@H](c1ccc2ccccc2c1)C(O)(c1ccccc1)c1ccccc1. The quantitative estimate of drug-likeness (QED) is 0.0938. The molecule has 0 saturated carbocycles. The summed E-state index contributed by atoms with van der Waals surface area (Å²) in [5.41, 5.74) is 0.163. The summed E-state index contributed by atoms with van der Waals surface area (Å²) >= 11 is 0. The zero-order valence-corrected chi connectivity index (χ0v) is 31.2. The van der Waals surface area contributed by atoms with Crippen molar-refractivity contribution in [2.45, 2.75) is 29.7 Å². The summed E-state index contributed by atoms with van der Waals surface area (Å²) < 4.78 is 0. The van der Waals surface area contributed by atoms with Crippen LogP contribution in [0, 0.1) is 0 Å². The summed E-state index contributed by atoms with van der Waals surface area (Å²) in [6.07, 6.45) is -0.576. The van der Waals surface area contributed by atoms with Crippen LogP contribution in [-0.2, 0) is 20.8 Å². The molecule has 0 aromatic heterocycles. The fraction of sp³-hybridized carbons (Fsp3) is 0.0980. The first kappa shape index (κ1) is 37.1. The Bertz CT molecular complexity index is 2370. The zero-order chi connectivity index (χ0) is 39.2. The Balaban J connectivity index is 1.18. The number of amides is 2. The molecule has 0 fully saturated rings. The molecule has 0 aliphatic heterocycles. The molecule has 0 aliphatic rings. The molecule has 2 amide bonds. The number of hydrogen-bond acceptors (Lipinski definition) is 4. The average Bonchev–Trinajstić information content (AvgIpc) is 3.27. The molecule has 0 radical (unpaired) electrons. The molecular weight excluding hydrogens is 705 g/mol. The van der Waals surface area contributed by atoms with Gasteiger partial charge in [-0.1, -0.05) is 194 Å². The molecular formula is C51H42N2O4. The Kier molecular flexibility index (Phi) is 10.5. The second kappa shape index (κ2) is 16.1. The van der Waals surface area contributed by atoms with Crippen molar-refractivity contribution >= 4 is 33.4 Å². The minimum absolute atomic E-state index is 0.575. The highest BCUT2D eigenvalue weighted by Gasteiger charge is 2.44. The monoisotopic (exact) mass is 746 g/mol. The third kappa shape index (κ3) is 7.44. The number of carbonyl (C=O) groups is 2. The number of aliphatic hydroxyl groups is 2. The van der Waals surface area contributed by atoms with Gasteiger partial charge in [0.05, 0.1) is 12.1 Å². The van der Waals surface area contributed by atoms with Gasteiger partial charge < -0.3 is 20.8 Å². The predicted molar refractivity (Wildman–Crippen MR) is 226 cm³/mol. The second-order valence-corrected chi connectivity index (χ2v) is 14.4. The molecule has 0 bridgehead atoms. The van der Waals surface area contributed by atoms with E-state index < -0.39 is 41.5 Å². The van der Waals surface area contributed by atoms with Crippen LogP contribution in [0.2, 0.25) is 0 Å². The lowest BCUT2D eigenvalue weighted by Gasteiger charge is -2.39. The van der Waals surface area contributed by atoms with E-state index >= 15 is 0 Å². The van der Waals surface area contributed by atoms with E-state index in [-0.39, 0.29) is 0 Å². The molecule has 0 spiro atoms. The van der Waals surface area contributed by atoms with E-state index in [0.717, 1.165) is 21.5 Å². The van der Waals surface area contributed by atoms with Gasteiger partial charge in [0.2, 0.25) is 11.8 Å². The minimum atomic E-state index is -1.73. The van der Waals surface area contributed by atoms with E-state index in [2.05, 4.69) is 10.6 Å². The van der Waals surface area contributed by atoms with Gasteiger partial charge in [0.1, 0.15) is 17.6 Å². The van der Waals surface area contributed by atoms with Gasteiger partial charge in [0.25, 0.3) is 0 Å². The van der Waals surface area contributed by atoms with Crippen molar-refractivity contribution in [1.82, 2.24) is 10.6 Å². The molecule has 0 aliphatic carbocycles. The van der Waals surface area contributed by atoms with E-state index in [1.54, 1.807) is 0 Å². The summed E-state index contributed by atoms with van der Waals surface area (Å²) in [5.74, 6) is -1.20. The van der Waals surface area contributed by atoms with E-state index in [0.29, 0.717) is 33.4 Å². The summed E-state index contributed by atoms with van der Waals surface area (Å²) in [4.78, 5) is 28.7. The Labute approximate surface area is 332 Å². The number of hydrogen-bond donors (Lipinski definition) is 4. The highest BCUT2D eigenvalue weighted by Crippen LogP contribution is 2.43. The van der Waals surface area contributed by atoms with Crippen LogP contribution in [0.3, 0.4) is 0 Å². The molecule has 8 rings (SSSR count). The van der Waals surface area contributed by atoms with Gasteiger partial charge in [0, 0.05) is 0 Å². The molecule has 6 heteroatoms. The first-order chi connectivity index (χ1) is 27.8. The Morgan fingerprint density at radius 3 is 0.982 bits per heavy atom. The van der Waals surface area contributed by atoms with Crippen molar-refractivity contribution < 1.29 is 19.8 Å². The van der Waals surface area contributed by atoms with Crippen molar-refractivity contribution in [3.8, 4) is 0 Å². The third-order valence-corrected chi connectivity index (χ3v) is 10.8. The lowest BCUT2D eigenvalue weighted by atomic mass is 9.76. The van der Waals surface area contributed by atoms with Crippen LogP contribution < -0.4 is 10.6 Å². The van der Waals surface area contributed by atoms with Gasteiger partial charge in [0.15, 0.2) is 0 Å². The predicted octanol–water partition coefficient (Wildman–Crippen LogP) is 9.27. The number of nitrogens with one attached hydrogen (secondary N) is 2. The van der Waals surface area contributed by atoms with Gasteiger partial charge in [-0.2, -0.15) is 0 Å². The van der Waals surface area contributed by atoms with Gasteiger partial charge in [-0.25, -0.2) is 0 Å². The molecule has 0 saturated heterocycles. The van der Waals surface area contributed by atoms with Crippen LogP contribution in [0.1, 0.15) is 51.9 Å². The lowest BCUT2D eigenvalue weighted by Crippen LogP contribution is -2.48. The Morgan fingerprint density at radius 2 is 0.667 bits per heavy atom. The minimum Gasteiger partial charge on any atom is -0.378 e. The first-order valence-corrected chi connectivity index (χ1v) is 19.1. The van der Waals surface area contributed by atoms with Crippen LogP contribution in [0.5, 0.6) is 0 Å². The topological polar surface area (TPSA) is 98.7 Å². The van der Waals surface area contributed by atoms with Gasteiger partial charge in [-0.3, -0.25) is 9.59 Å². The van der Waals surface area contributed by atoms with Gasteiger partial charge in [-0.15, -0.1) is 0 Å². The third-order valence-electron chi connectivity index (χ3n) is 10.8. The molecule has 8 aromatic carbocycles. The smallest absolute Gasteiger partial charge is 0.230 e. The van der Waals surface area contributed by atoms with E-state index in [1.807, 2.05) is 206 Å². The van der Waals surface area contributed by atoms with Crippen molar-refractivity contribution in [2.75, 3.05) is 0 Å². The molecule has 0 unspecified atom stereocenters. The van der Waals surface area contributed by atoms with E-state index in [4.69, 9.17) is 0 Å². The first-order valence-electron chi connectivity index (χ1n) is 19.1. The number of carbonyl (C=O) groups excluding carboxylic acids is 2. The maximum atomic E-state index is 14.3. The largest absolute Gasteiger partial charge is 0.378 e. The molecule has 8 aromatic rings. The standard InChI is InChI=1S/C51H42N2O4/c54-46(52-48(40-31-29-36-17-13-15-19-38(36)33-40)50(56,42-21-5-1-6-22-42)43-23-7-2-8-24-43)35-47(55)53-49(41-32-30-37-18-14-16-20-39(37)34-41)51(57,44-25-9-3-10-26-44)45-27-11-4-12-28-45/h1-34,48-49,56-57H,35H2,(H,52,54)(H,53,55)/t48-,49-/m1/s1. The Morgan fingerprint density at radius 1 is 0.386 bits per heavy atom. The molecule has 280 valence electrons. The van der Waals surface area contributed by atoms with Crippen LogP contribution >= 0.6 is 0 Å². The van der Waals surface area contributed by atoms with Crippen molar-refractivity contribution in [2.24, 2.45) is 0 Å². The maximum absolute atomic E-state index is 14.3. The van der Waals surface area contributed by atoms with E-state index in [9.17, 15) is 19.8 Å². The summed E-state index contributed by atoms with van der Waals surface area (Å²) in [5, 5.41) is 36.1. The number of fused-ring (bicyclic) bond motifs is 2. The van der Waals surface area contributed by atoms with Crippen molar-refractivity contribution in [1.29, 1.82) is 0 Å². The summed E-state index contributed by atoms with van der Waals surface area (Å²) in [6.45, 7) is 0. The average molecular weight is 747 g/mol. The summed E-state index contributed by atoms with van der Waals surface area (Å²) in [6, 6.07) is 62.5. The van der Waals surface area contributed by atoms with Gasteiger partial charge in [-0.05, 0) is 67.1 Å². The van der Waals surface area contributed by atoms with Crippen molar-refractivity contribution in [3.05, 3.63) is 240 Å². The Hall–Kier alpha value is -6.86. The molecule has 6 nitrogen and oxygen atoms in total. The lowest BCUT2D eigenvalue weighted by molar-refractivity contribution is -0.132. The second-order valence-electron chi connectivity index (χ2n) is 14.4. The van der Waals surface area contributed by atoms with Crippen LogP contribution in [0.15, 0.2) is 206 Å². The zero-order valence-electron chi connectivity index (χ0n) is 31.2. The summed E-state index contributed by atoms with van der Waals surface area (Å²) in [7, 11) is 0. The van der Waals surface area contributed by atoms with Crippen LogP contribution in [0.4, 0.5) is 0 Å². The van der Waals surface area contributed by atoms with Crippen LogP contribution in [-0.4, -0.2) is 22.0 Å². The number of rotatable bonds is 12. The van der Waals surface area contributed by atoms with Crippen LogP contribution in [0.25, 0.3) is 21.5 Å². The highest BCUT2D eigenvalue weighted by molar-refractivity contribution is 5.97. The molecule has 57 heavy (non-hydrogen) atoms. The molecule has 0 heterocycles. The fourth-order valence-electron chi connectivity index (χ4n) is 7.97. The fourth-order valence-corrected chi connectivity index (χ4v) is 7.97. The normalized spacial score (nSPS) is 12.8. The molecule has 4 N–H and O–H groups in total. The molecule has 2 atom stereocenters. The number of benzene rings is 8. The maximum Gasteiger partial charge on any atom is 0.230 e. The van der Waals surface area contributed by atoms with Gasteiger partial charge >= 0.3 is 0 Å². The van der Waals surface area contributed by atoms with Crippen molar-refractivity contribution in [3.63, 3.8) is 0 Å². The highest BCUT2D eigenvalue weighted by atomic mass is 16.3.